The van der Waals surface area contributed by atoms with Crippen LogP contribution in [0.25, 0.3) is 11.1 Å². The van der Waals surface area contributed by atoms with Gasteiger partial charge in [0.1, 0.15) is 11.9 Å². The standard InChI is InChI=1S/C21H21FN2O5/c1-3-28-20(26)15-6-4-14(5-7-15)18-9-8-16(10-19(18)22)24-12-17(29-21(24)27)11-23-13(2)25/h4-10,17H,3,11-12H2,1-2H3,(H,23,25). The summed E-state index contributed by atoms with van der Waals surface area (Å²) >= 11 is 0. The highest BCUT2D eigenvalue weighted by atomic mass is 19.1. The van der Waals surface area contributed by atoms with E-state index in [0.717, 1.165) is 0 Å². The zero-order valence-corrected chi connectivity index (χ0v) is 16.1. The second-order valence-electron chi connectivity index (χ2n) is 6.52. The van der Waals surface area contributed by atoms with Gasteiger partial charge in [0.05, 0.1) is 30.9 Å². The highest BCUT2D eigenvalue weighted by molar-refractivity contribution is 5.91. The van der Waals surface area contributed by atoms with Crippen LogP contribution in [-0.2, 0) is 14.3 Å². The molecular weight excluding hydrogens is 379 g/mol. The molecule has 2 amide bonds. The molecule has 0 saturated carbocycles. The lowest BCUT2D eigenvalue weighted by Crippen LogP contribution is -2.33. The van der Waals surface area contributed by atoms with Crippen LogP contribution < -0.4 is 10.2 Å². The third kappa shape index (κ3) is 4.71. The molecule has 0 aliphatic carbocycles. The van der Waals surface area contributed by atoms with E-state index in [0.29, 0.717) is 22.4 Å². The first-order chi connectivity index (χ1) is 13.9. The third-order valence-corrected chi connectivity index (χ3v) is 4.42. The highest BCUT2D eigenvalue weighted by Crippen LogP contribution is 2.29. The van der Waals surface area contributed by atoms with E-state index in [9.17, 15) is 18.8 Å². The van der Waals surface area contributed by atoms with Gasteiger partial charge in [-0.15, -0.1) is 0 Å². The first kappa shape index (κ1) is 20.3. The molecule has 1 aliphatic heterocycles. The average molecular weight is 400 g/mol. The van der Waals surface area contributed by atoms with Crippen LogP contribution in [0, 0.1) is 5.82 Å². The maximum Gasteiger partial charge on any atom is 0.414 e. The number of anilines is 1. The third-order valence-electron chi connectivity index (χ3n) is 4.42. The molecule has 1 aliphatic rings. The lowest BCUT2D eigenvalue weighted by atomic mass is 10.0. The van der Waals surface area contributed by atoms with Gasteiger partial charge in [0.25, 0.3) is 0 Å². The van der Waals surface area contributed by atoms with E-state index >= 15 is 0 Å². The molecule has 2 aromatic carbocycles. The molecule has 152 valence electrons. The minimum Gasteiger partial charge on any atom is -0.462 e. The van der Waals surface area contributed by atoms with Crippen molar-refractivity contribution in [2.24, 2.45) is 0 Å². The first-order valence-electron chi connectivity index (χ1n) is 9.18. The lowest BCUT2D eigenvalue weighted by molar-refractivity contribution is -0.119. The number of nitrogens with zero attached hydrogens (tertiary/aromatic N) is 1. The molecule has 1 unspecified atom stereocenters. The van der Waals surface area contributed by atoms with E-state index < -0.39 is 24.0 Å². The zero-order valence-electron chi connectivity index (χ0n) is 16.1. The van der Waals surface area contributed by atoms with Gasteiger partial charge in [-0.25, -0.2) is 14.0 Å². The Hall–Kier alpha value is -3.42. The summed E-state index contributed by atoms with van der Waals surface area (Å²) in [5.74, 6) is -1.16. The summed E-state index contributed by atoms with van der Waals surface area (Å²) in [6.07, 6.45) is -1.09. The number of nitrogens with one attached hydrogen (secondary N) is 1. The van der Waals surface area contributed by atoms with Gasteiger partial charge >= 0.3 is 12.1 Å². The van der Waals surface area contributed by atoms with Crippen LogP contribution >= 0.6 is 0 Å². The van der Waals surface area contributed by atoms with Gasteiger partial charge in [-0.05, 0) is 42.8 Å². The fraction of sp³-hybridized carbons (Fsp3) is 0.286. The molecule has 0 bridgehead atoms. The van der Waals surface area contributed by atoms with Crippen molar-refractivity contribution in [2.75, 3.05) is 24.6 Å². The Morgan fingerprint density at radius 2 is 1.97 bits per heavy atom. The molecule has 3 rings (SSSR count). The number of hydrogen-bond donors (Lipinski definition) is 1. The van der Waals surface area contributed by atoms with Crippen LogP contribution in [0.2, 0.25) is 0 Å². The summed E-state index contributed by atoms with van der Waals surface area (Å²) in [6.45, 7) is 3.79. The van der Waals surface area contributed by atoms with Gasteiger partial charge < -0.3 is 14.8 Å². The van der Waals surface area contributed by atoms with E-state index in [4.69, 9.17) is 9.47 Å². The van der Waals surface area contributed by atoms with Crippen molar-refractivity contribution in [3.05, 3.63) is 53.8 Å². The SMILES string of the molecule is CCOC(=O)c1ccc(-c2ccc(N3CC(CNC(C)=O)OC3=O)cc2F)cc1. The van der Waals surface area contributed by atoms with E-state index in [1.165, 1.54) is 17.9 Å². The smallest absolute Gasteiger partial charge is 0.414 e. The molecular formula is C21H21FN2O5. The van der Waals surface area contributed by atoms with Crippen molar-refractivity contribution in [1.82, 2.24) is 5.32 Å². The topological polar surface area (TPSA) is 84.9 Å². The van der Waals surface area contributed by atoms with Gasteiger partial charge in [-0.1, -0.05) is 12.1 Å². The molecule has 0 radical (unpaired) electrons. The van der Waals surface area contributed by atoms with E-state index in [-0.39, 0.29) is 25.6 Å². The molecule has 1 atom stereocenters. The predicted molar refractivity (Wildman–Crippen MR) is 104 cm³/mol. The quantitative estimate of drug-likeness (QED) is 0.753. The fourth-order valence-electron chi connectivity index (χ4n) is 3.00. The molecule has 1 N–H and O–H groups in total. The van der Waals surface area contributed by atoms with Crippen LogP contribution in [0.3, 0.4) is 0 Å². The molecule has 1 saturated heterocycles. The minimum atomic E-state index is -0.591. The summed E-state index contributed by atoms with van der Waals surface area (Å²) < 4.78 is 24.8. The molecule has 0 spiro atoms. The van der Waals surface area contributed by atoms with Gasteiger partial charge in [0.2, 0.25) is 5.91 Å². The Morgan fingerprint density at radius 3 is 2.59 bits per heavy atom. The zero-order chi connectivity index (χ0) is 21.0. The second-order valence-corrected chi connectivity index (χ2v) is 6.52. The van der Waals surface area contributed by atoms with Crippen LogP contribution in [0.1, 0.15) is 24.2 Å². The van der Waals surface area contributed by atoms with E-state index in [1.807, 2.05) is 0 Å². The molecule has 29 heavy (non-hydrogen) atoms. The Kier molecular flexibility index (Phi) is 6.11. The number of esters is 1. The van der Waals surface area contributed by atoms with Crippen molar-refractivity contribution in [2.45, 2.75) is 20.0 Å². The van der Waals surface area contributed by atoms with Crippen LogP contribution in [-0.4, -0.2) is 43.8 Å². The summed E-state index contributed by atoms with van der Waals surface area (Å²) in [4.78, 5) is 36.1. The molecule has 2 aromatic rings. The molecule has 1 heterocycles. The number of carbonyl (C=O) groups excluding carboxylic acids is 3. The summed E-state index contributed by atoms with van der Waals surface area (Å²) in [7, 11) is 0. The fourth-order valence-corrected chi connectivity index (χ4v) is 3.00. The molecule has 8 heteroatoms. The number of hydrogen-bond acceptors (Lipinski definition) is 5. The van der Waals surface area contributed by atoms with Crippen LogP contribution in [0.15, 0.2) is 42.5 Å². The molecule has 7 nitrogen and oxygen atoms in total. The highest BCUT2D eigenvalue weighted by Gasteiger charge is 2.32. The first-order valence-corrected chi connectivity index (χ1v) is 9.18. The molecule has 1 fully saturated rings. The van der Waals surface area contributed by atoms with Crippen molar-refractivity contribution >= 4 is 23.7 Å². The summed E-state index contributed by atoms with van der Waals surface area (Å²) in [5, 5.41) is 2.59. The monoisotopic (exact) mass is 400 g/mol. The Morgan fingerprint density at radius 1 is 1.24 bits per heavy atom. The number of carbonyl (C=O) groups is 3. The van der Waals surface area contributed by atoms with Crippen LogP contribution in [0.5, 0.6) is 0 Å². The Labute approximate surface area is 167 Å². The van der Waals surface area contributed by atoms with Crippen molar-refractivity contribution in [3.63, 3.8) is 0 Å². The predicted octanol–water partition coefficient (Wildman–Crippen LogP) is 3.13. The van der Waals surface area contributed by atoms with E-state index in [1.54, 1.807) is 43.3 Å². The number of ether oxygens (including phenoxy) is 2. The van der Waals surface area contributed by atoms with Gasteiger partial charge in [0.15, 0.2) is 0 Å². The van der Waals surface area contributed by atoms with E-state index in [2.05, 4.69) is 5.32 Å². The summed E-state index contributed by atoms with van der Waals surface area (Å²) in [6, 6.07) is 10.9. The number of halogens is 1. The number of amides is 2. The lowest BCUT2D eigenvalue weighted by Gasteiger charge is -2.14. The minimum absolute atomic E-state index is 0.199. The van der Waals surface area contributed by atoms with Gasteiger partial charge in [-0.3, -0.25) is 9.69 Å². The number of benzene rings is 2. The number of cyclic esters (lactones) is 1. The van der Waals surface area contributed by atoms with Crippen molar-refractivity contribution in [1.29, 1.82) is 0 Å². The maximum absolute atomic E-state index is 14.7. The van der Waals surface area contributed by atoms with Gasteiger partial charge in [-0.2, -0.15) is 0 Å². The Balaban J connectivity index is 1.74. The van der Waals surface area contributed by atoms with Crippen molar-refractivity contribution < 1.29 is 28.2 Å². The average Bonchev–Trinajstić information content (AvgIpc) is 3.07. The molecule has 0 aromatic heterocycles. The largest absolute Gasteiger partial charge is 0.462 e. The summed E-state index contributed by atoms with van der Waals surface area (Å²) in [5.41, 5.74) is 1.68. The van der Waals surface area contributed by atoms with Crippen molar-refractivity contribution in [3.8, 4) is 11.1 Å². The van der Waals surface area contributed by atoms with Crippen LogP contribution in [0.4, 0.5) is 14.9 Å². The second kappa shape index (κ2) is 8.72. The van der Waals surface area contributed by atoms with Gasteiger partial charge in [0, 0.05) is 12.5 Å². The Bertz CT molecular complexity index is 929. The number of rotatable bonds is 6. The normalized spacial score (nSPS) is 15.8. The maximum atomic E-state index is 14.7.